The summed E-state index contributed by atoms with van der Waals surface area (Å²) >= 11 is 0. The third-order valence-corrected chi connectivity index (χ3v) is 8.18. The van der Waals surface area contributed by atoms with E-state index in [1.165, 1.54) is 63.0 Å². The van der Waals surface area contributed by atoms with E-state index in [9.17, 15) is 0 Å². The van der Waals surface area contributed by atoms with Gasteiger partial charge in [0.05, 0.1) is 6.10 Å². The maximum absolute atomic E-state index is 6.88. The first kappa shape index (κ1) is 19.8. The molecule has 0 amide bonds. The molecule has 5 rings (SSSR count). The van der Waals surface area contributed by atoms with Crippen LogP contribution in [0.3, 0.4) is 0 Å². The highest BCUT2D eigenvalue weighted by Crippen LogP contribution is 2.53. The minimum Gasteiger partial charge on any atom is -0.486 e. The molecule has 4 aliphatic rings. The average Bonchev–Trinajstić information content (AvgIpc) is 2.74. The Bertz CT molecular complexity index is 718. The van der Waals surface area contributed by atoms with Crippen molar-refractivity contribution in [3.8, 4) is 5.75 Å². The summed E-state index contributed by atoms with van der Waals surface area (Å²) in [5.41, 5.74) is 2.54. The van der Waals surface area contributed by atoms with E-state index in [4.69, 9.17) is 9.47 Å². The molecule has 4 heterocycles. The smallest absolute Gasteiger partial charge is 0.126 e. The first-order chi connectivity index (χ1) is 14.1. The molecule has 29 heavy (non-hydrogen) atoms. The van der Waals surface area contributed by atoms with Crippen molar-refractivity contribution in [1.29, 1.82) is 0 Å². The maximum Gasteiger partial charge on any atom is 0.126 e. The number of nitrogens with zero attached hydrogens (tertiary/aromatic N) is 2. The summed E-state index contributed by atoms with van der Waals surface area (Å²) < 4.78 is 13.2. The Morgan fingerprint density at radius 3 is 2.52 bits per heavy atom. The van der Waals surface area contributed by atoms with Crippen LogP contribution in [0.15, 0.2) is 18.2 Å². The molecule has 0 saturated carbocycles. The van der Waals surface area contributed by atoms with Crippen LogP contribution in [-0.2, 0) is 4.74 Å². The molecule has 1 aromatic carbocycles. The molecule has 0 aromatic heterocycles. The van der Waals surface area contributed by atoms with Crippen molar-refractivity contribution in [3.05, 3.63) is 29.3 Å². The Hall–Kier alpha value is -1.10. The monoisotopic (exact) mass is 398 g/mol. The van der Waals surface area contributed by atoms with Gasteiger partial charge in [-0.3, -0.25) is 4.90 Å². The van der Waals surface area contributed by atoms with Crippen LogP contribution < -0.4 is 4.74 Å². The van der Waals surface area contributed by atoms with Crippen LogP contribution in [0.1, 0.15) is 69.6 Å². The normalized spacial score (nSPS) is 30.8. The molecule has 0 aliphatic carbocycles. The van der Waals surface area contributed by atoms with E-state index in [0.717, 1.165) is 31.2 Å². The molecule has 0 radical (unpaired) electrons. The van der Waals surface area contributed by atoms with E-state index >= 15 is 0 Å². The predicted molar refractivity (Wildman–Crippen MR) is 116 cm³/mol. The molecular weight excluding hydrogens is 360 g/mol. The lowest BCUT2D eigenvalue weighted by Crippen LogP contribution is -2.59. The number of piperidine rings is 2. The van der Waals surface area contributed by atoms with Gasteiger partial charge in [-0.05, 0) is 71.2 Å². The zero-order valence-corrected chi connectivity index (χ0v) is 18.5. The molecular formula is C25H38N2O2. The van der Waals surface area contributed by atoms with E-state index in [-0.39, 0.29) is 11.7 Å². The standard InChI is InChI=1S/C25H38N2O2/c1-18(2)26-12-8-20(9-13-26)27-14-10-25(11-15-27)22-5-4-16-28-24(22)21-7-6-19(3)17-23(21)29-25/h6-7,17-18,20,22,24H,4-5,8-16H2,1-3H3/t22-,24+/m1/s1. The summed E-state index contributed by atoms with van der Waals surface area (Å²) in [4.78, 5) is 5.41. The molecule has 1 spiro atoms. The Kier molecular flexibility index (Phi) is 5.38. The van der Waals surface area contributed by atoms with Gasteiger partial charge >= 0.3 is 0 Å². The van der Waals surface area contributed by atoms with Crippen LogP contribution >= 0.6 is 0 Å². The number of hydrogen-bond donors (Lipinski definition) is 0. The molecule has 3 fully saturated rings. The van der Waals surface area contributed by atoms with Crippen molar-refractivity contribution >= 4 is 0 Å². The fourth-order valence-corrected chi connectivity index (χ4v) is 6.39. The van der Waals surface area contributed by atoms with E-state index in [2.05, 4.69) is 48.8 Å². The van der Waals surface area contributed by atoms with Crippen LogP contribution in [0.5, 0.6) is 5.75 Å². The molecule has 160 valence electrons. The van der Waals surface area contributed by atoms with Crippen molar-refractivity contribution < 1.29 is 9.47 Å². The van der Waals surface area contributed by atoms with Gasteiger partial charge in [0.1, 0.15) is 11.4 Å². The lowest BCUT2D eigenvalue weighted by atomic mass is 9.69. The van der Waals surface area contributed by atoms with E-state index in [1.807, 2.05) is 0 Å². The van der Waals surface area contributed by atoms with Crippen molar-refractivity contribution in [3.63, 3.8) is 0 Å². The zero-order chi connectivity index (χ0) is 20.0. The molecule has 4 aliphatic heterocycles. The van der Waals surface area contributed by atoms with E-state index in [1.54, 1.807) is 0 Å². The number of ether oxygens (including phenoxy) is 2. The van der Waals surface area contributed by atoms with E-state index < -0.39 is 0 Å². The fraction of sp³-hybridized carbons (Fsp3) is 0.760. The predicted octanol–water partition coefficient (Wildman–Crippen LogP) is 4.56. The summed E-state index contributed by atoms with van der Waals surface area (Å²) in [7, 11) is 0. The molecule has 0 unspecified atom stereocenters. The number of rotatable bonds is 2. The van der Waals surface area contributed by atoms with Crippen LogP contribution in [0.25, 0.3) is 0 Å². The second-order valence-corrected chi connectivity index (χ2v) is 10.1. The van der Waals surface area contributed by atoms with Crippen molar-refractivity contribution in [2.75, 3.05) is 32.8 Å². The summed E-state index contributed by atoms with van der Waals surface area (Å²) in [6.45, 7) is 12.6. The first-order valence-electron chi connectivity index (χ1n) is 11.9. The number of likely N-dealkylation sites (tertiary alicyclic amines) is 2. The van der Waals surface area contributed by atoms with Gasteiger partial charge in [-0.1, -0.05) is 12.1 Å². The number of hydrogen-bond acceptors (Lipinski definition) is 4. The highest BCUT2D eigenvalue weighted by molar-refractivity contribution is 5.42. The molecule has 3 saturated heterocycles. The van der Waals surface area contributed by atoms with Gasteiger partial charge in [-0.2, -0.15) is 0 Å². The number of fused-ring (bicyclic) bond motifs is 4. The van der Waals surface area contributed by atoms with Gasteiger partial charge in [0, 0.05) is 56.1 Å². The Labute approximate surface area is 176 Å². The third kappa shape index (κ3) is 3.62. The second kappa shape index (κ2) is 7.86. The second-order valence-electron chi connectivity index (χ2n) is 10.1. The third-order valence-electron chi connectivity index (χ3n) is 8.18. The molecule has 4 heteroatoms. The van der Waals surface area contributed by atoms with Gasteiger partial charge in [-0.25, -0.2) is 0 Å². The van der Waals surface area contributed by atoms with Gasteiger partial charge < -0.3 is 14.4 Å². The summed E-state index contributed by atoms with van der Waals surface area (Å²) in [6.07, 6.45) is 7.58. The Morgan fingerprint density at radius 2 is 1.79 bits per heavy atom. The largest absolute Gasteiger partial charge is 0.486 e. The van der Waals surface area contributed by atoms with Gasteiger partial charge in [-0.15, -0.1) is 0 Å². The average molecular weight is 399 g/mol. The van der Waals surface area contributed by atoms with Gasteiger partial charge in [0.25, 0.3) is 0 Å². The minimum atomic E-state index is -0.0268. The molecule has 0 N–H and O–H groups in total. The van der Waals surface area contributed by atoms with Crippen LogP contribution in [0.2, 0.25) is 0 Å². The van der Waals surface area contributed by atoms with Crippen molar-refractivity contribution in [2.24, 2.45) is 5.92 Å². The highest BCUT2D eigenvalue weighted by Gasteiger charge is 2.52. The lowest BCUT2D eigenvalue weighted by Gasteiger charge is -2.54. The zero-order valence-electron chi connectivity index (χ0n) is 18.5. The SMILES string of the molecule is Cc1ccc2c(c1)OC1(CCN(C3CCN(C(C)C)CC3)CC1)[C@@H]1CCCO[C@@H]21. The van der Waals surface area contributed by atoms with Crippen LogP contribution in [-0.4, -0.2) is 60.3 Å². The number of aryl methyl sites for hydroxylation is 1. The number of benzene rings is 1. The Morgan fingerprint density at radius 1 is 1.03 bits per heavy atom. The van der Waals surface area contributed by atoms with Crippen LogP contribution in [0, 0.1) is 12.8 Å². The summed E-state index contributed by atoms with van der Waals surface area (Å²) in [6, 6.07) is 8.14. The summed E-state index contributed by atoms with van der Waals surface area (Å²) in [5, 5.41) is 0. The van der Waals surface area contributed by atoms with Gasteiger partial charge in [0.2, 0.25) is 0 Å². The molecule has 0 bridgehead atoms. The van der Waals surface area contributed by atoms with E-state index in [0.29, 0.717) is 12.0 Å². The molecule has 2 atom stereocenters. The fourth-order valence-electron chi connectivity index (χ4n) is 6.39. The Balaban J connectivity index is 1.30. The lowest BCUT2D eigenvalue weighted by molar-refractivity contribution is -0.152. The van der Waals surface area contributed by atoms with Crippen LogP contribution in [0.4, 0.5) is 0 Å². The first-order valence-corrected chi connectivity index (χ1v) is 11.9. The van der Waals surface area contributed by atoms with Crippen molar-refractivity contribution in [1.82, 2.24) is 9.80 Å². The molecule has 1 aromatic rings. The quantitative estimate of drug-likeness (QED) is 0.729. The topological polar surface area (TPSA) is 24.9 Å². The van der Waals surface area contributed by atoms with Crippen molar-refractivity contribution in [2.45, 2.75) is 83.1 Å². The molecule has 4 nitrogen and oxygen atoms in total. The highest BCUT2D eigenvalue weighted by atomic mass is 16.5. The maximum atomic E-state index is 6.88. The minimum absolute atomic E-state index is 0.0268. The van der Waals surface area contributed by atoms with Gasteiger partial charge in [0.15, 0.2) is 0 Å². The summed E-state index contributed by atoms with van der Waals surface area (Å²) in [5.74, 6) is 1.60.